The molecule has 46 heavy (non-hydrogen) atoms. The van der Waals surface area contributed by atoms with Crippen LogP contribution in [0.25, 0.3) is 16.3 Å². The first-order valence-corrected chi connectivity index (χ1v) is 17.5. The van der Waals surface area contributed by atoms with Gasteiger partial charge in [0.2, 0.25) is 0 Å². The van der Waals surface area contributed by atoms with Crippen LogP contribution in [-0.2, 0) is 4.79 Å². The average Bonchev–Trinajstić information content (AvgIpc) is 3.83. The summed E-state index contributed by atoms with van der Waals surface area (Å²) in [5, 5.41) is 1.36. The molecule has 0 N–H and O–H groups in total. The van der Waals surface area contributed by atoms with E-state index in [1.54, 1.807) is 36.4 Å². The number of thiazole rings is 1. The molecule has 2 aromatic heterocycles. The number of hydrogen-bond acceptors (Lipinski definition) is 9. The van der Waals surface area contributed by atoms with Crippen LogP contribution < -0.4 is 4.90 Å². The number of aliphatic imine (C=N–C) groups is 1. The van der Waals surface area contributed by atoms with Crippen molar-refractivity contribution in [2.45, 2.75) is 47.6 Å². The molecular formula is C35H26N4O4S3. The van der Waals surface area contributed by atoms with E-state index >= 15 is 0 Å². The molecule has 1 aliphatic carbocycles. The lowest BCUT2D eigenvalue weighted by Gasteiger charge is -2.30. The number of anilines is 1. The van der Waals surface area contributed by atoms with Gasteiger partial charge in [0.15, 0.2) is 14.6 Å². The van der Waals surface area contributed by atoms with Gasteiger partial charge in [-0.1, -0.05) is 49.6 Å². The van der Waals surface area contributed by atoms with E-state index in [1.165, 1.54) is 46.2 Å². The topological polar surface area (TPSA) is 96.1 Å². The number of thioether (sulfide) groups is 1. The highest BCUT2D eigenvalue weighted by Gasteiger charge is 2.39. The third kappa shape index (κ3) is 5.38. The molecule has 1 saturated heterocycles. The van der Waals surface area contributed by atoms with Gasteiger partial charge in [-0.15, -0.1) is 11.3 Å². The summed E-state index contributed by atoms with van der Waals surface area (Å²) in [6.45, 7) is 0. The Morgan fingerprint density at radius 1 is 0.848 bits per heavy atom. The molecule has 228 valence electrons. The summed E-state index contributed by atoms with van der Waals surface area (Å²) >= 11 is 4.24. The zero-order valence-electron chi connectivity index (χ0n) is 24.4. The third-order valence-corrected chi connectivity index (χ3v) is 11.2. The second-order valence-electron chi connectivity index (χ2n) is 11.2. The Hall–Kier alpha value is -4.45. The molecule has 3 aliphatic rings. The number of benzene rings is 3. The van der Waals surface area contributed by atoms with Gasteiger partial charge in [0, 0.05) is 12.1 Å². The minimum Gasteiger partial charge on any atom is -0.450 e. The largest absolute Gasteiger partial charge is 0.450 e. The number of imide groups is 1. The summed E-state index contributed by atoms with van der Waals surface area (Å²) in [5.41, 5.74) is 2.93. The van der Waals surface area contributed by atoms with Gasteiger partial charge < -0.3 is 4.42 Å². The monoisotopic (exact) mass is 662 g/mol. The van der Waals surface area contributed by atoms with E-state index in [2.05, 4.69) is 0 Å². The fourth-order valence-electron chi connectivity index (χ4n) is 6.02. The molecule has 1 saturated carbocycles. The summed E-state index contributed by atoms with van der Waals surface area (Å²) in [5.74, 6) is -0.0970. The van der Waals surface area contributed by atoms with Crippen LogP contribution in [0.2, 0.25) is 0 Å². The lowest BCUT2D eigenvalue weighted by molar-refractivity contribution is -0.124. The maximum absolute atomic E-state index is 13.7. The van der Waals surface area contributed by atoms with Crippen molar-refractivity contribution in [3.8, 4) is 0 Å². The number of para-hydroxylation sites is 1. The van der Waals surface area contributed by atoms with E-state index in [9.17, 15) is 14.4 Å². The Morgan fingerprint density at radius 2 is 1.59 bits per heavy atom. The smallest absolute Gasteiger partial charge is 0.267 e. The van der Waals surface area contributed by atoms with Gasteiger partial charge >= 0.3 is 0 Å². The van der Waals surface area contributed by atoms with Gasteiger partial charge in [0.1, 0.15) is 5.76 Å². The van der Waals surface area contributed by atoms with Gasteiger partial charge in [-0.3, -0.25) is 19.3 Å². The van der Waals surface area contributed by atoms with Crippen molar-refractivity contribution < 1.29 is 18.8 Å². The fourth-order valence-corrected chi connectivity index (χ4v) is 9.06. The number of carbonyl (C=O) groups is 3. The molecule has 0 radical (unpaired) electrons. The van der Waals surface area contributed by atoms with E-state index < -0.39 is 0 Å². The molecule has 11 heteroatoms. The van der Waals surface area contributed by atoms with E-state index in [0.717, 1.165) is 45.9 Å². The predicted octanol–water partition coefficient (Wildman–Crippen LogP) is 8.78. The predicted molar refractivity (Wildman–Crippen MR) is 183 cm³/mol. The number of rotatable bonds is 6. The highest BCUT2D eigenvalue weighted by Crippen LogP contribution is 2.41. The van der Waals surface area contributed by atoms with E-state index in [-0.39, 0.29) is 23.8 Å². The molecule has 3 amide bonds. The van der Waals surface area contributed by atoms with Crippen molar-refractivity contribution in [2.75, 3.05) is 4.90 Å². The Bertz CT molecular complexity index is 2040. The van der Waals surface area contributed by atoms with Crippen LogP contribution in [0.15, 0.2) is 109 Å². The molecule has 0 spiro atoms. The molecule has 8 rings (SSSR count). The normalized spacial score (nSPS) is 18.9. The molecule has 8 nitrogen and oxygen atoms in total. The molecule has 2 fully saturated rings. The standard InChI is InChI=1S/C35H26N4O4S3/c40-31-25-13-7-8-14-26(25)32(41)38(31)23-15-17-27-28(19-23)45-35(37-27)46-30-18-16-24(43-30)20-29-33(42)39(22-11-5-2-6-12-22)34(44-29)36-21-9-3-1-4-10-21/h1,3-4,7-10,13-20,22H,2,5-6,11-12H2/b29-20-,36-34?. The highest BCUT2D eigenvalue weighted by atomic mass is 32.2. The zero-order valence-corrected chi connectivity index (χ0v) is 26.9. The van der Waals surface area contributed by atoms with Gasteiger partial charge in [-0.05, 0) is 91.0 Å². The number of hydrogen-bond donors (Lipinski definition) is 0. The maximum atomic E-state index is 13.7. The summed E-state index contributed by atoms with van der Waals surface area (Å²) in [4.78, 5) is 52.9. The van der Waals surface area contributed by atoms with Crippen LogP contribution in [0, 0.1) is 0 Å². The number of carbonyl (C=O) groups excluding carboxylic acids is 3. The molecular weight excluding hydrogens is 637 g/mol. The van der Waals surface area contributed by atoms with Gasteiger partial charge in [-0.25, -0.2) is 14.9 Å². The number of nitrogens with zero attached hydrogens (tertiary/aromatic N) is 4. The number of amides is 3. The Labute approximate surface area is 277 Å². The first-order chi connectivity index (χ1) is 22.5. The average molecular weight is 663 g/mol. The van der Waals surface area contributed by atoms with Gasteiger partial charge in [0.25, 0.3) is 17.7 Å². The third-order valence-electron chi connectivity index (χ3n) is 8.23. The molecule has 0 unspecified atom stereocenters. The van der Waals surface area contributed by atoms with E-state index in [1.807, 2.05) is 59.5 Å². The molecule has 2 aliphatic heterocycles. The first-order valence-electron chi connectivity index (χ1n) is 15.0. The van der Waals surface area contributed by atoms with Crippen molar-refractivity contribution in [3.63, 3.8) is 0 Å². The number of furan rings is 1. The fraction of sp³-hybridized carbons (Fsp3) is 0.171. The SMILES string of the molecule is O=C1c2ccccc2C(=O)N1c1ccc2nc(Sc3ccc(/C=C4\SC(=Nc5ccccc5)N(C5CCCCC5)C4=O)o3)sc2c1. The second-order valence-corrected chi connectivity index (χ2v) is 14.5. The highest BCUT2D eigenvalue weighted by molar-refractivity contribution is 8.18. The maximum Gasteiger partial charge on any atom is 0.267 e. The van der Waals surface area contributed by atoms with Crippen molar-refractivity contribution in [2.24, 2.45) is 4.99 Å². The summed E-state index contributed by atoms with van der Waals surface area (Å²) in [7, 11) is 0. The Balaban J connectivity index is 1.02. The minimum atomic E-state index is -0.324. The van der Waals surface area contributed by atoms with Crippen LogP contribution in [0.4, 0.5) is 11.4 Å². The minimum absolute atomic E-state index is 0.0303. The summed E-state index contributed by atoms with van der Waals surface area (Å²) in [6.07, 6.45) is 7.20. The number of aromatic nitrogens is 1. The molecule has 0 atom stereocenters. The second kappa shape index (κ2) is 12.1. The lowest BCUT2D eigenvalue weighted by Crippen LogP contribution is -2.40. The molecule has 3 aromatic carbocycles. The van der Waals surface area contributed by atoms with Crippen molar-refractivity contribution in [3.05, 3.63) is 107 Å². The quantitative estimate of drug-likeness (QED) is 0.132. The van der Waals surface area contributed by atoms with Crippen molar-refractivity contribution in [1.82, 2.24) is 9.88 Å². The summed E-state index contributed by atoms with van der Waals surface area (Å²) < 4.78 is 7.74. The Kier molecular flexibility index (Phi) is 7.59. The van der Waals surface area contributed by atoms with Gasteiger partial charge in [-0.2, -0.15) is 0 Å². The lowest BCUT2D eigenvalue weighted by atomic mass is 9.94. The molecule has 0 bridgehead atoms. The van der Waals surface area contributed by atoms with Crippen LogP contribution in [0.3, 0.4) is 0 Å². The first kappa shape index (κ1) is 29.0. The Morgan fingerprint density at radius 3 is 2.35 bits per heavy atom. The van der Waals surface area contributed by atoms with Crippen LogP contribution in [-0.4, -0.2) is 38.8 Å². The number of fused-ring (bicyclic) bond motifs is 2. The van der Waals surface area contributed by atoms with Crippen molar-refractivity contribution >= 4 is 85.4 Å². The van der Waals surface area contributed by atoms with Crippen LogP contribution in [0.1, 0.15) is 58.6 Å². The number of amidine groups is 1. The van der Waals surface area contributed by atoms with Crippen LogP contribution in [0.5, 0.6) is 0 Å². The van der Waals surface area contributed by atoms with E-state index in [0.29, 0.717) is 37.7 Å². The van der Waals surface area contributed by atoms with E-state index in [4.69, 9.17) is 14.4 Å². The molecule has 5 aromatic rings. The molecule has 4 heterocycles. The van der Waals surface area contributed by atoms with Gasteiger partial charge in [0.05, 0.1) is 37.6 Å². The van der Waals surface area contributed by atoms with Crippen molar-refractivity contribution in [1.29, 1.82) is 0 Å². The summed E-state index contributed by atoms with van der Waals surface area (Å²) in [6, 6.07) is 25.9. The zero-order chi connectivity index (χ0) is 31.2. The van der Waals surface area contributed by atoms with Crippen LogP contribution >= 0.6 is 34.9 Å².